The second-order valence-corrected chi connectivity index (χ2v) is 15.4. The van der Waals surface area contributed by atoms with Crippen molar-refractivity contribution in [3.8, 4) is 0 Å². The molecule has 0 saturated carbocycles. The topological polar surface area (TPSA) is 3.01 Å². The molecule has 0 N–H and O–H groups in total. The lowest BCUT2D eigenvalue weighted by Crippen LogP contribution is -2.22. The van der Waals surface area contributed by atoms with Gasteiger partial charge in [0.25, 0.3) is 0 Å². The fourth-order valence-corrected chi connectivity index (χ4v) is 10.0. The van der Waals surface area contributed by atoms with Gasteiger partial charge in [-0.3, -0.25) is 0 Å². The zero-order chi connectivity index (χ0) is 32.8. The third-order valence-corrected chi connectivity index (χ3v) is 12.1. The van der Waals surface area contributed by atoms with E-state index in [9.17, 15) is 0 Å². The van der Waals surface area contributed by atoms with Crippen LogP contribution in [0.5, 0.6) is 0 Å². The van der Waals surface area contributed by atoms with E-state index < -0.39 is 0 Å². The molecule has 0 aliphatic carbocycles. The fourth-order valence-electron chi connectivity index (χ4n) is 8.72. The zero-order valence-electron chi connectivity index (χ0n) is 28.6. The molecule has 234 valence electrons. The molecule has 0 fully saturated rings. The summed E-state index contributed by atoms with van der Waals surface area (Å²) >= 11 is 1.96. The molecule has 48 heavy (non-hydrogen) atoms. The van der Waals surface area contributed by atoms with E-state index in [1.165, 1.54) is 97.3 Å². The highest BCUT2D eigenvalue weighted by Crippen LogP contribution is 2.51. The van der Waals surface area contributed by atoms with Crippen LogP contribution in [0.15, 0.2) is 115 Å². The highest BCUT2D eigenvalue weighted by atomic mass is 32.1. The molecule has 1 aliphatic heterocycles. The molecule has 1 aromatic heterocycles. The predicted molar refractivity (Wildman–Crippen MR) is 209 cm³/mol. The van der Waals surface area contributed by atoms with Crippen molar-refractivity contribution in [1.29, 1.82) is 0 Å². The quantitative estimate of drug-likeness (QED) is 0.133. The van der Waals surface area contributed by atoms with Gasteiger partial charge in [-0.2, -0.15) is 4.58 Å². The van der Waals surface area contributed by atoms with Crippen LogP contribution in [0.2, 0.25) is 0 Å². The van der Waals surface area contributed by atoms with Gasteiger partial charge in [0.05, 0.1) is 5.56 Å². The van der Waals surface area contributed by atoms with E-state index in [0.29, 0.717) is 11.8 Å². The first-order valence-corrected chi connectivity index (χ1v) is 18.2. The summed E-state index contributed by atoms with van der Waals surface area (Å²) < 4.78 is 5.28. The summed E-state index contributed by atoms with van der Waals surface area (Å²) in [6.45, 7) is 11.8. The molecule has 1 nitrogen and oxygen atoms in total. The number of fused-ring (bicyclic) bond motifs is 10. The van der Waals surface area contributed by atoms with Gasteiger partial charge in [-0.25, -0.2) is 0 Å². The smallest absolute Gasteiger partial charge is 0.197 e. The number of nitrogens with zero attached hydrogens (tertiary/aromatic N) is 1. The van der Waals surface area contributed by atoms with Crippen molar-refractivity contribution in [2.75, 3.05) is 7.05 Å². The van der Waals surface area contributed by atoms with Crippen molar-refractivity contribution in [3.05, 3.63) is 149 Å². The van der Waals surface area contributed by atoms with Crippen LogP contribution >= 0.6 is 11.3 Å². The number of thiophene rings is 1. The first kappa shape index (κ1) is 29.4. The highest BCUT2D eigenvalue weighted by Gasteiger charge is 2.44. The highest BCUT2D eigenvalue weighted by molar-refractivity contribution is 7.26. The lowest BCUT2D eigenvalue weighted by atomic mass is 9.75. The molecular formula is C46H40NS+. The minimum Gasteiger partial charge on any atom is -0.197 e. The van der Waals surface area contributed by atoms with Crippen molar-refractivity contribution >= 4 is 75.2 Å². The van der Waals surface area contributed by atoms with Gasteiger partial charge < -0.3 is 0 Å². The summed E-state index contributed by atoms with van der Waals surface area (Å²) in [5, 5.41) is 10.7. The van der Waals surface area contributed by atoms with Gasteiger partial charge >= 0.3 is 0 Å². The summed E-state index contributed by atoms with van der Waals surface area (Å²) in [7, 11) is 2.31. The number of hydrogen-bond donors (Lipinski definition) is 0. The van der Waals surface area contributed by atoms with E-state index in [1.807, 2.05) is 11.3 Å². The Morgan fingerprint density at radius 1 is 0.562 bits per heavy atom. The molecule has 1 unspecified atom stereocenters. The first-order valence-electron chi connectivity index (χ1n) is 17.3. The van der Waals surface area contributed by atoms with Crippen LogP contribution in [0.1, 0.15) is 78.8 Å². The Hall–Kier alpha value is -4.79. The number of aryl methyl sites for hydroxylation is 1. The molecule has 2 heteroatoms. The summed E-state index contributed by atoms with van der Waals surface area (Å²) in [6.07, 6.45) is 0. The zero-order valence-corrected chi connectivity index (χ0v) is 29.4. The van der Waals surface area contributed by atoms with E-state index in [0.717, 1.165) is 0 Å². The molecular weight excluding hydrogens is 599 g/mol. The SMILES string of the molecule is Cc1ccc2sc3c(ccc4ccc5ccccc5c43)c2c1C1=[N+](C)c2ccc3ccccc3c2C1c1c(C(C)C)cccc1C(C)C. The third kappa shape index (κ3) is 4.12. The van der Waals surface area contributed by atoms with Gasteiger partial charge in [0.2, 0.25) is 11.4 Å². The van der Waals surface area contributed by atoms with Crippen LogP contribution in [0.25, 0.3) is 52.5 Å². The van der Waals surface area contributed by atoms with Gasteiger partial charge in [-0.15, -0.1) is 11.3 Å². The maximum absolute atomic E-state index is 2.54. The Labute approximate surface area is 286 Å². The molecule has 0 spiro atoms. The fraction of sp³-hybridized carbons (Fsp3) is 0.196. The molecule has 0 amide bonds. The van der Waals surface area contributed by atoms with Crippen molar-refractivity contribution in [3.63, 3.8) is 0 Å². The van der Waals surface area contributed by atoms with Crippen LogP contribution in [-0.4, -0.2) is 17.3 Å². The predicted octanol–water partition coefficient (Wildman–Crippen LogP) is 13.0. The largest absolute Gasteiger partial charge is 0.210 e. The van der Waals surface area contributed by atoms with Crippen LogP contribution in [0.3, 0.4) is 0 Å². The van der Waals surface area contributed by atoms with Crippen molar-refractivity contribution < 1.29 is 4.58 Å². The van der Waals surface area contributed by atoms with E-state index in [-0.39, 0.29) is 5.92 Å². The van der Waals surface area contributed by atoms with E-state index in [4.69, 9.17) is 0 Å². The molecule has 9 rings (SSSR count). The Morgan fingerprint density at radius 3 is 1.92 bits per heavy atom. The molecule has 0 bridgehead atoms. The molecule has 1 aliphatic rings. The number of benzene rings is 7. The average Bonchev–Trinajstić information content (AvgIpc) is 3.62. The summed E-state index contributed by atoms with van der Waals surface area (Å²) in [5.74, 6) is 0.915. The Kier molecular flexibility index (Phi) is 6.65. The van der Waals surface area contributed by atoms with Gasteiger partial charge in [0, 0.05) is 37.2 Å². The molecule has 8 aromatic rings. The normalized spacial score (nSPS) is 15.0. The van der Waals surface area contributed by atoms with Crippen molar-refractivity contribution in [2.24, 2.45) is 0 Å². The van der Waals surface area contributed by atoms with Crippen molar-refractivity contribution in [2.45, 2.75) is 52.4 Å². The van der Waals surface area contributed by atoms with E-state index in [2.05, 4.69) is 162 Å². The maximum Gasteiger partial charge on any atom is 0.210 e. The van der Waals surface area contributed by atoms with Crippen LogP contribution in [0, 0.1) is 6.92 Å². The Balaban J connectivity index is 1.44. The van der Waals surface area contributed by atoms with Gasteiger partial charge in [-0.05, 0) is 80.1 Å². The lowest BCUT2D eigenvalue weighted by Gasteiger charge is -2.25. The summed E-state index contributed by atoms with van der Waals surface area (Å²) in [6, 6.07) is 43.6. The van der Waals surface area contributed by atoms with Gasteiger partial charge in [0.15, 0.2) is 0 Å². The van der Waals surface area contributed by atoms with E-state index in [1.54, 1.807) is 0 Å². The van der Waals surface area contributed by atoms with Crippen LogP contribution in [0.4, 0.5) is 5.69 Å². The maximum atomic E-state index is 2.54. The minimum absolute atomic E-state index is 0.104. The monoisotopic (exact) mass is 638 g/mol. The molecule has 2 heterocycles. The summed E-state index contributed by atoms with van der Waals surface area (Å²) in [4.78, 5) is 0. The molecule has 0 radical (unpaired) electrons. The Bertz CT molecular complexity index is 2620. The average molecular weight is 639 g/mol. The Morgan fingerprint density at radius 2 is 1.19 bits per heavy atom. The second-order valence-electron chi connectivity index (χ2n) is 14.3. The minimum atomic E-state index is 0.104. The number of rotatable bonds is 4. The van der Waals surface area contributed by atoms with Gasteiger partial charge in [0.1, 0.15) is 13.0 Å². The second kappa shape index (κ2) is 10.9. The standard InChI is InChI=1S/C46H40NS/c1-26(2)32-16-11-17-33(27(3)4)41(32)44-42-35-15-10-8-13-30(35)22-24-37(42)47(6)45(44)39-28(5)18-25-38-43(39)36-23-21-31-20-19-29-12-7-9-14-34(29)40(31)46(36)48-38/h7-27,44H,1-6H3/q+1. The molecule has 7 aromatic carbocycles. The first-order chi connectivity index (χ1) is 23.3. The van der Waals surface area contributed by atoms with Crippen LogP contribution < -0.4 is 0 Å². The van der Waals surface area contributed by atoms with Crippen molar-refractivity contribution in [1.82, 2.24) is 0 Å². The third-order valence-electron chi connectivity index (χ3n) is 10.9. The van der Waals surface area contributed by atoms with Gasteiger partial charge in [-0.1, -0.05) is 125 Å². The molecule has 1 atom stereocenters. The lowest BCUT2D eigenvalue weighted by molar-refractivity contribution is -0.401. The van der Waals surface area contributed by atoms with E-state index >= 15 is 0 Å². The molecule has 0 saturated heterocycles. The summed E-state index contributed by atoms with van der Waals surface area (Å²) in [5.41, 5.74) is 11.3. The van der Waals surface area contributed by atoms with Crippen LogP contribution in [-0.2, 0) is 0 Å². The number of hydrogen-bond acceptors (Lipinski definition) is 1.